The fourth-order valence-corrected chi connectivity index (χ4v) is 2.50. The highest BCUT2D eigenvalue weighted by molar-refractivity contribution is 5.37. The van der Waals surface area contributed by atoms with E-state index in [2.05, 4.69) is 51.7 Å². The van der Waals surface area contributed by atoms with Crippen LogP contribution in [0, 0.1) is 26.7 Å². The molecule has 2 N–H and O–H groups in total. The second-order valence-corrected chi connectivity index (χ2v) is 5.55. The molecule has 0 aliphatic carbocycles. The SMILES string of the molecule is CCN(Cc1c(C)cc(C)cc1C)CC(C)CN. The fraction of sp³-hybridized carbons (Fsp3) is 0.625. The highest BCUT2D eigenvalue weighted by Crippen LogP contribution is 2.18. The monoisotopic (exact) mass is 248 g/mol. The molecule has 1 aromatic rings. The molecule has 0 aromatic heterocycles. The van der Waals surface area contributed by atoms with E-state index in [-0.39, 0.29) is 0 Å². The molecule has 0 radical (unpaired) electrons. The Labute approximate surface area is 112 Å². The van der Waals surface area contributed by atoms with Crippen LogP contribution in [-0.2, 0) is 6.54 Å². The molecule has 2 nitrogen and oxygen atoms in total. The van der Waals surface area contributed by atoms with Crippen molar-refractivity contribution in [3.63, 3.8) is 0 Å². The Morgan fingerprint density at radius 3 is 2.17 bits per heavy atom. The zero-order valence-electron chi connectivity index (χ0n) is 12.6. The molecule has 0 bridgehead atoms. The first-order valence-corrected chi connectivity index (χ1v) is 6.97. The minimum absolute atomic E-state index is 0.566. The summed E-state index contributed by atoms with van der Waals surface area (Å²) < 4.78 is 0. The molecule has 1 atom stereocenters. The van der Waals surface area contributed by atoms with Gasteiger partial charge in [0.2, 0.25) is 0 Å². The summed E-state index contributed by atoms with van der Waals surface area (Å²) in [5.41, 5.74) is 11.4. The van der Waals surface area contributed by atoms with E-state index in [9.17, 15) is 0 Å². The van der Waals surface area contributed by atoms with Gasteiger partial charge < -0.3 is 5.73 Å². The normalized spacial score (nSPS) is 13.1. The Balaban J connectivity index is 2.82. The highest BCUT2D eigenvalue weighted by atomic mass is 15.1. The molecule has 0 spiro atoms. The second-order valence-electron chi connectivity index (χ2n) is 5.55. The number of hydrogen-bond acceptors (Lipinski definition) is 2. The minimum Gasteiger partial charge on any atom is -0.330 e. The summed E-state index contributed by atoms with van der Waals surface area (Å²) in [5.74, 6) is 0.566. The molecule has 1 aromatic carbocycles. The van der Waals surface area contributed by atoms with Crippen LogP contribution in [0.25, 0.3) is 0 Å². The number of nitrogens with zero attached hydrogens (tertiary/aromatic N) is 1. The summed E-state index contributed by atoms with van der Waals surface area (Å²) >= 11 is 0. The van der Waals surface area contributed by atoms with Crippen molar-refractivity contribution in [3.8, 4) is 0 Å². The van der Waals surface area contributed by atoms with Gasteiger partial charge in [-0.25, -0.2) is 0 Å². The first-order chi connectivity index (χ1) is 8.47. The summed E-state index contributed by atoms with van der Waals surface area (Å²) in [6.45, 7) is 15.0. The van der Waals surface area contributed by atoms with Gasteiger partial charge in [-0.1, -0.05) is 31.5 Å². The van der Waals surface area contributed by atoms with Crippen molar-refractivity contribution < 1.29 is 0 Å². The van der Waals surface area contributed by atoms with Crippen LogP contribution in [0.5, 0.6) is 0 Å². The van der Waals surface area contributed by atoms with E-state index >= 15 is 0 Å². The van der Waals surface area contributed by atoms with Gasteiger partial charge in [0.15, 0.2) is 0 Å². The lowest BCUT2D eigenvalue weighted by Crippen LogP contribution is -2.31. The fourth-order valence-electron chi connectivity index (χ4n) is 2.50. The average molecular weight is 248 g/mol. The Bertz CT molecular complexity index is 362. The number of benzene rings is 1. The molecular formula is C16H28N2. The first-order valence-electron chi connectivity index (χ1n) is 6.97. The maximum atomic E-state index is 5.72. The molecule has 0 fully saturated rings. The molecule has 0 amide bonds. The van der Waals surface area contributed by atoms with Crippen LogP contribution in [0.1, 0.15) is 36.1 Å². The van der Waals surface area contributed by atoms with Crippen molar-refractivity contribution in [3.05, 3.63) is 34.4 Å². The zero-order chi connectivity index (χ0) is 13.7. The maximum Gasteiger partial charge on any atom is 0.0239 e. The van der Waals surface area contributed by atoms with E-state index in [0.717, 1.165) is 26.2 Å². The van der Waals surface area contributed by atoms with Crippen LogP contribution in [-0.4, -0.2) is 24.5 Å². The Morgan fingerprint density at radius 2 is 1.72 bits per heavy atom. The second kappa shape index (κ2) is 6.91. The summed E-state index contributed by atoms with van der Waals surface area (Å²) in [4.78, 5) is 2.49. The number of hydrogen-bond donors (Lipinski definition) is 1. The summed E-state index contributed by atoms with van der Waals surface area (Å²) in [6, 6.07) is 4.56. The molecule has 1 rings (SSSR count). The van der Waals surface area contributed by atoms with Crippen LogP contribution in [0.4, 0.5) is 0 Å². The Hall–Kier alpha value is -0.860. The van der Waals surface area contributed by atoms with Crippen molar-refractivity contribution in [2.75, 3.05) is 19.6 Å². The molecule has 0 aliphatic rings. The predicted molar refractivity (Wildman–Crippen MR) is 79.8 cm³/mol. The van der Waals surface area contributed by atoms with Crippen LogP contribution >= 0.6 is 0 Å². The van der Waals surface area contributed by atoms with Gasteiger partial charge in [-0.15, -0.1) is 0 Å². The summed E-state index contributed by atoms with van der Waals surface area (Å²) in [6.07, 6.45) is 0. The van der Waals surface area contributed by atoms with E-state index in [0.29, 0.717) is 5.92 Å². The van der Waals surface area contributed by atoms with Crippen molar-refractivity contribution in [1.29, 1.82) is 0 Å². The van der Waals surface area contributed by atoms with Crippen LogP contribution < -0.4 is 5.73 Å². The van der Waals surface area contributed by atoms with Gasteiger partial charge in [-0.2, -0.15) is 0 Å². The molecule has 0 saturated heterocycles. The van der Waals surface area contributed by atoms with Crippen molar-refractivity contribution in [1.82, 2.24) is 4.90 Å². The smallest absolute Gasteiger partial charge is 0.0239 e. The molecule has 1 unspecified atom stereocenters. The van der Waals surface area contributed by atoms with Crippen LogP contribution in [0.3, 0.4) is 0 Å². The molecule has 2 heteroatoms. The molecule has 18 heavy (non-hydrogen) atoms. The average Bonchev–Trinajstić information content (AvgIpc) is 2.31. The third-order valence-corrected chi connectivity index (χ3v) is 3.64. The maximum absolute atomic E-state index is 5.72. The minimum atomic E-state index is 0.566. The number of nitrogens with two attached hydrogens (primary N) is 1. The van der Waals surface area contributed by atoms with Gasteiger partial charge in [0.05, 0.1) is 0 Å². The topological polar surface area (TPSA) is 29.3 Å². The largest absolute Gasteiger partial charge is 0.330 e. The zero-order valence-corrected chi connectivity index (χ0v) is 12.6. The van der Waals surface area contributed by atoms with Crippen LogP contribution in [0.15, 0.2) is 12.1 Å². The van der Waals surface area contributed by atoms with E-state index < -0.39 is 0 Å². The summed E-state index contributed by atoms with van der Waals surface area (Å²) in [7, 11) is 0. The standard InChI is InChI=1S/C16H28N2/c1-6-18(10-13(3)9-17)11-16-14(4)7-12(2)8-15(16)5/h7-8,13H,6,9-11,17H2,1-5H3. The van der Waals surface area contributed by atoms with E-state index in [1.807, 2.05) is 0 Å². The first kappa shape index (κ1) is 15.2. The van der Waals surface area contributed by atoms with Gasteiger partial charge in [0.25, 0.3) is 0 Å². The quantitative estimate of drug-likeness (QED) is 0.838. The third kappa shape index (κ3) is 4.11. The molecule has 0 saturated carbocycles. The van der Waals surface area contributed by atoms with E-state index in [1.165, 1.54) is 22.3 Å². The van der Waals surface area contributed by atoms with Crippen molar-refractivity contribution in [2.45, 2.75) is 41.2 Å². The third-order valence-electron chi connectivity index (χ3n) is 3.64. The van der Waals surface area contributed by atoms with Crippen LogP contribution in [0.2, 0.25) is 0 Å². The summed E-state index contributed by atoms with van der Waals surface area (Å²) in [5, 5.41) is 0. The molecular weight excluding hydrogens is 220 g/mol. The lowest BCUT2D eigenvalue weighted by molar-refractivity contribution is 0.242. The van der Waals surface area contributed by atoms with Crippen molar-refractivity contribution >= 4 is 0 Å². The molecule has 0 heterocycles. The van der Waals surface area contributed by atoms with Gasteiger partial charge >= 0.3 is 0 Å². The predicted octanol–water partition coefficient (Wildman–Crippen LogP) is 3.03. The highest BCUT2D eigenvalue weighted by Gasteiger charge is 2.11. The van der Waals surface area contributed by atoms with E-state index in [1.54, 1.807) is 0 Å². The van der Waals surface area contributed by atoms with Gasteiger partial charge in [0.1, 0.15) is 0 Å². The lowest BCUT2D eigenvalue weighted by atomic mass is 9.99. The lowest BCUT2D eigenvalue weighted by Gasteiger charge is -2.25. The number of rotatable bonds is 6. The Morgan fingerprint density at radius 1 is 1.17 bits per heavy atom. The van der Waals surface area contributed by atoms with Crippen molar-refractivity contribution in [2.24, 2.45) is 11.7 Å². The van der Waals surface area contributed by atoms with Gasteiger partial charge in [-0.05, 0) is 56.5 Å². The van der Waals surface area contributed by atoms with Gasteiger partial charge in [-0.3, -0.25) is 4.90 Å². The molecule has 0 aliphatic heterocycles. The number of aryl methyl sites for hydroxylation is 3. The van der Waals surface area contributed by atoms with E-state index in [4.69, 9.17) is 5.73 Å². The van der Waals surface area contributed by atoms with Gasteiger partial charge in [0, 0.05) is 13.1 Å². The Kier molecular flexibility index (Phi) is 5.83. The molecule has 102 valence electrons.